The highest BCUT2D eigenvalue weighted by molar-refractivity contribution is 5.84. The molecule has 1 heterocycles. The molecule has 3 atom stereocenters. The lowest BCUT2D eigenvalue weighted by molar-refractivity contribution is -0.132. The van der Waals surface area contributed by atoms with Crippen LogP contribution in [0.2, 0.25) is 0 Å². The van der Waals surface area contributed by atoms with E-state index in [1.807, 2.05) is 18.7 Å². The summed E-state index contributed by atoms with van der Waals surface area (Å²) in [5.41, 5.74) is 0. The highest BCUT2D eigenvalue weighted by atomic mass is 16.5. The summed E-state index contributed by atoms with van der Waals surface area (Å²) < 4.78 is 5.60. The summed E-state index contributed by atoms with van der Waals surface area (Å²) in [6.45, 7) is 14.1. The van der Waals surface area contributed by atoms with Gasteiger partial charge in [0.25, 0.3) is 0 Å². The lowest BCUT2D eigenvalue weighted by Crippen LogP contribution is -2.42. The molecule has 0 aromatic rings. The molecular formula is C16H32N2O2. The van der Waals surface area contributed by atoms with Gasteiger partial charge in [0, 0.05) is 13.2 Å². The molecule has 4 heteroatoms. The first-order valence-electron chi connectivity index (χ1n) is 8.03. The van der Waals surface area contributed by atoms with Gasteiger partial charge >= 0.3 is 0 Å². The van der Waals surface area contributed by atoms with Gasteiger partial charge in [-0.15, -0.1) is 0 Å². The van der Waals surface area contributed by atoms with Gasteiger partial charge in [0.1, 0.15) is 0 Å². The Labute approximate surface area is 124 Å². The molecule has 0 spiro atoms. The van der Waals surface area contributed by atoms with Crippen molar-refractivity contribution in [2.45, 2.75) is 72.7 Å². The summed E-state index contributed by atoms with van der Waals surface area (Å²) in [6.07, 6.45) is 2.17. The van der Waals surface area contributed by atoms with Crippen molar-refractivity contribution in [2.24, 2.45) is 11.8 Å². The Morgan fingerprint density at radius 1 is 1.15 bits per heavy atom. The molecule has 1 aliphatic rings. The second-order valence-corrected chi connectivity index (χ2v) is 6.75. The van der Waals surface area contributed by atoms with Crippen molar-refractivity contribution < 1.29 is 9.53 Å². The predicted molar refractivity (Wildman–Crippen MR) is 82.4 cm³/mol. The first-order chi connectivity index (χ1) is 9.35. The summed E-state index contributed by atoms with van der Waals surface area (Å²) in [5, 5.41) is 3.52. The Morgan fingerprint density at radius 2 is 1.75 bits per heavy atom. The maximum absolute atomic E-state index is 12.6. The Hall–Kier alpha value is -0.610. The maximum Gasteiger partial charge on any atom is 0.241 e. The van der Waals surface area contributed by atoms with E-state index in [2.05, 4.69) is 33.0 Å². The monoisotopic (exact) mass is 284 g/mol. The minimum atomic E-state index is -0.0208. The zero-order valence-corrected chi connectivity index (χ0v) is 14.0. The van der Waals surface area contributed by atoms with Crippen LogP contribution >= 0.6 is 0 Å². The van der Waals surface area contributed by atoms with Crippen LogP contribution in [0.15, 0.2) is 0 Å². The van der Waals surface area contributed by atoms with Crippen molar-refractivity contribution in [1.29, 1.82) is 0 Å². The highest BCUT2D eigenvalue weighted by Crippen LogP contribution is 2.22. The fraction of sp³-hybridized carbons (Fsp3) is 0.938. The van der Waals surface area contributed by atoms with E-state index in [1.165, 1.54) is 0 Å². The molecule has 1 amide bonds. The third-order valence-corrected chi connectivity index (χ3v) is 3.66. The van der Waals surface area contributed by atoms with Crippen LogP contribution in [-0.4, -0.2) is 42.3 Å². The maximum atomic E-state index is 12.6. The van der Waals surface area contributed by atoms with E-state index in [-0.39, 0.29) is 24.2 Å². The summed E-state index contributed by atoms with van der Waals surface area (Å²) in [4.78, 5) is 14.6. The standard InChI is InChI=1S/C16H32N2O2/c1-7-20-13(6)10-18-15(9-12(4)5)17-14(16(18)19)8-11(2)3/h11-15,17H,7-10H2,1-6H3. The Balaban J connectivity index is 2.71. The van der Waals surface area contributed by atoms with Crippen molar-refractivity contribution in [2.75, 3.05) is 13.2 Å². The van der Waals surface area contributed by atoms with Crippen LogP contribution in [0.5, 0.6) is 0 Å². The fourth-order valence-corrected chi connectivity index (χ4v) is 2.86. The van der Waals surface area contributed by atoms with Crippen molar-refractivity contribution in [3.63, 3.8) is 0 Å². The Kier molecular flexibility index (Phi) is 6.96. The molecule has 0 bridgehead atoms. The van der Waals surface area contributed by atoms with E-state index in [1.54, 1.807) is 0 Å². The molecule has 1 N–H and O–H groups in total. The molecule has 1 saturated heterocycles. The molecule has 0 aliphatic carbocycles. The van der Waals surface area contributed by atoms with Gasteiger partial charge in [0.05, 0.1) is 18.3 Å². The highest BCUT2D eigenvalue weighted by Gasteiger charge is 2.39. The molecule has 0 aromatic heterocycles. The van der Waals surface area contributed by atoms with Crippen LogP contribution in [0, 0.1) is 11.8 Å². The smallest absolute Gasteiger partial charge is 0.241 e. The second kappa shape index (κ2) is 7.99. The van der Waals surface area contributed by atoms with Crippen LogP contribution in [0.3, 0.4) is 0 Å². The van der Waals surface area contributed by atoms with Crippen LogP contribution in [0.1, 0.15) is 54.4 Å². The quantitative estimate of drug-likeness (QED) is 0.745. The van der Waals surface area contributed by atoms with E-state index in [9.17, 15) is 4.79 Å². The number of hydrogen-bond donors (Lipinski definition) is 1. The molecule has 4 nitrogen and oxygen atoms in total. The predicted octanol–water partition coefficient (Wildman–Crippen LogP) is 2.63. The lowest BCUT2D eigenvalue weighted by Gasteiger charge is -2.28. The third kappa shape index (κ3) is 5.06. The van der Waals surface area contributed by atoms with Gasteiger partial charge < -0.3 is 9.64 Å². The molecule has 1 fully saturated rings. The van der Waals surface area contributed by atoms with Crippen molar-refractivity contribution in [1.82, 2.24) is 10.2 Å². The Morgan fingerprint density at radius 3 is 2.25 bits per heavy atom. The zero-order valence-electron chi connectivity index (χ0n) is 14.0. The van der Waals surface area contributed by atoms with Gasteiger partial charge in [-0.05, 0) is 38.5 Å². The van der Waals surface area contributed by atoms with E-state index >= 15 is 0 Å². The molecule has 0 aromatic carbocycles. The number of carbonyl (C=O) groups excluding carboxylic acids is 1. The molecule has 0 radical (unpaired) electrons. The van der Waals surface area contributed by atoms with Crippen molar-refractivity contribution in [3.8, 4) is 0 Å². The number of hydrogen-bond acceptors (Lipinski definition) is 3. The first-order valence-corrected chi connectivity index (χ1v) is 8.03. The van der Waals surface area contributed by atoms with Crippen LogP contribution < -0.4 is 5.32 Å². The number of nitrogens with one attached hydrogen (secondary N) is 1. The molecular weight excluding hydrogens is 252 g/mol. The van der Waals surface area contributed by atoms with Gasteiger partial charge in [0.2, 0.25) is 5.91 Å². The zero-order chi connectivity index (χ0) is 15.3. The minimum absolute atomic E-state index is 0.0208. The average Bonchev–Trinajstić information content (AvgIpc) is 2.56. The first kappa shape index (κ1) is 17.4. The van der Waals surface area contributed by atoms with E-state index in [0.717, 1.165) is 12.8 Å². The van der Waals surface area contributed by atoms with Crippen molar-refractivity contribution >= 4 is 5.91 Å². The van der Waals surface area contributed by atoms with E-state index < -0.39 is 0 Å². The second-order valence-electron chi connectivity index (χ2n) is 6.75. The van der Waals surface area contributed by atoms with Gasteiger partial charge in [-0.1, -0.05) is 27.7 Å². The van der Waals surface area contributed by atoms with Crippen LogP contribution in [-0.2, 0) is 9.53 Å². The molecule has 1 aliphatic heterocycles. The lowest BCUT2D eigenvalue weighted by atomic mass is 10.0. The summed E-state index contributed by atoms with van der Waals surface area (Å²) in [6, 6.07) is -0.0208. The number of amides is 1. The van der Waals surface area contributed by atoms with Crippen molar-refractivity contribution in [3.05, 3.63) is 0 Å². The Bertz CT molecular complexity index is 305. The van der Waals surface area contributed by atoms with Gasteiger partial charge in [-0.25, -0.2) is 0 Å². The SMILES string of the molecule is CCOC(C)CN1C(=O)C(CC(C)C)NC1CC(C)C. The molecule has 3 unspecified atom stereocenters. The van der Waals surface area contributed by atoms with Crippen LogP contribution in [0.4, 0.5) is 0 Å². The normalized spacial score (nSPS) is 25.0. The summed E-state index contributed by atoms with van der Waals surface area (Å²) in [7, 11) is 0. The van der Waals surface area contributed by atoms with Crippen LogP contribution in [0.25, 0.3) is 0 Å². The molecule has 118 valence electrons. The molecule has 0 saturated carbocycles. The van der Waals surface area contributed by atoms with E-state index in [0.29, 0.717) is 25.0 Å². The minimum Gasteiger partial charge on any atom is -0.377 e. The van der Waals surface area contributed by atoms with Gasteiger partial charge in [-0.3, -0.25) is 10.1 Å². The largest absolute Gasteiger partial charge is 0.377 e. The molecule has 20 heavy (non-hydrogen) atoms. The van der Waals surface area contributed by atoms with E-state index in [4.69, 9.17) is 4.74 Å². The number of ether oxygens (including phenoxy) is 1. The third-order valence-electron chi connectivity index (χ3n) is 3.66. The topological polar surface area (TPSA) is 41.6 Å². The fourth-order valence-electron chi connectivity index (χ4n) is 2.86. The van der Waals surface area contributed by atoms with Gasteiger partial charge in [0.15, 0.2) is 0 Å². The average molecular weight is 284 g/mol. The number of carbonyl (C=O) groups is 1. The summed E-state index contributed by atoms with van der Waals surface area (Å²) in [5.74, 6) is 1.35. The number of rotatable bonds is 8. The summed E-state index contributed by atoms with van der Waals surface area (Å²) >= 11 is 0. The number of nitrogens with zero attached hydrogens (tertiary/aromatic N) is 1. The van der Waals surface area contributed by atoms with Gasteiger partial charge in [-0.2, -0.15) is 0 Å². The molecule has 1 rings (SSSR count).